The second-order valence-electron chi connectivity index (χ2n) is 6.21. The standard InChI is InChI=1S/C19H21F3N2O5/c1-3-13-16(17(26)28-4-2)14(24-18(27)23-13)10-29-15(25)9-11-6-5-7-12(8-11)19(20,21)22/h5-8,13H,3-4,9-10H2,1-2H3,(H2,23,24,27)/t13-/m0/s1. The molecule has 2 amide bonds. The largest absolute Gasteiger partial charge is 0.463 e. The summed E-state index contributed by atoms with van der Waals surface area (Å²) in [4.78, 5) is 36.1. The van der Waals surface area contributed by atoms with E-state index >= 15 is 0 Å². The molecule has 0 aromatic heterocycles. The van der Waals surface area contributed by atoms with Gasteiger partial charge in [-0.2, -0.15) is 13.2 Å². The van der Waals surface area contributed by atoms with Crippen LogP contribution in [0.5, 0.6) is 0 Å². The molecule has 1 aliphatic heterocycles. The Balaban J connectivity index is 2.12. The average Bonchev–Trinajstić information content (AvgIpc) is 2.65. The number of esters is 2. The van der Waals surface area contributed by atoms with Gasteiger partial charge in [-0.25, -0.2) is 9.59 Å². The van der Waals surface area contributed by atoms with Crippen molar-refractivity contribution in [1.29, 1.82) is 0 Å². The van der Waals surface area contributed by atoms with Crippen LogP contribution in [0.25, 0.3) is 0 Å². The molecule has 0 spiro atoms. The Labute approximate surface area is 165 Å². The second-order valence-corrected chi connectivity index (χ2v) is 6.21. The number of hydrogen-bond donors (Lipinski definition) is 2. The van der Waals surface area contributed by atoms with Gasteiger partial charge >= 0.3 is 24.1 Å². The van der Waals surface area contributed by atoms with E-state index in [1.165, 1.54) is 12.1 Å². The van der Waals surface area contributed by atoms with Gasteiger partial charge in [-0.15, -0.1) is 0 Å². The fraction of sp³-hybridized carbons (Fsp3) is 0.421. The van der Waals surface area contributed by atoms with Crippen molar-refractivity contribution in [2.75, 3.05) is 13.2 Å². The third kappa shape index (κ3) is 5.97. The van der Waals surface area contributed by atoms with Crippen molar-refractivity contribution >= 4 is 18.0 Å². The Kier molecular flexibility index (Phi) is 7.24. The van der Waals surface area contributed by atoms with Gasteiger partial charge in [0.05, 0.1) is 35.9 Å². The van der Waals surface area contributed by atoms with Crippen molar-refractivity contribution in [3.8, 4) is 0 Å². The molecule has 0 aliphatic carbocycles. The van der Waals surface area contributed by atoms with E-state index in [0.717, 1.165) is 12.1 Å². The Morgan fingerprint density at radius 1 is 1.17 bits per heavy atom. The van der Waals surface area contributed by atoms with Gasteiger partial charge in [0.1, 0.15) is 6.61 Å². The van der Waals surface area contributed by atoms with E-state index < -0.39 is 48.8 Å². The summed E-state index contributed by atoms with van der Waals surface area (Å²) in [6.45, 7) is 3.08. The monoisotopic (exact) mass is 414 g/mol. The van der Waals surface area contributed by atoms with Crippen LogP contribution >= 0.6 is 0 Å². The van der Waals surface area contributed by atoms with E-state index in [1.54, 1.807) is 13.8 Å². The van der Waals surface area contributed by atoms with Crippen LogP contribution in [0.2, 0.25) is 0 Å². The van der Waals surface area contributed by atoms with Crippen LogP contribution in [-0.4, -0.2) is 37.2 Å². The van der Waals surface area contributed by atoms with Crippen LogP contribution in [0.4, 0.5) is 18.0 Å². The third-order valence-corrected chi connectivity index (χ3v) is 4.13. The highest BCUT2D eigenvalue weighted by Crippen LogP contribution is 2.29. The molecular formula is C19H21F3N2O5. The highest BCUT2D eigenvalue weighted by molar-refractivity contribution is 5.94. The number of rotatable bonds is 7. The number of hydrogen-bond acceptors (Lipinski definition) is 5. The first kappa shape index (κ1) is 22.3. The minimum Gasteiger partial charge on any atom is -0.463 e. The summed E-state index contributed by atoms with van der Waals surface area (Å²) in [6.07, 6.45) is -4.51. The molecule has 29 heavy (non-hydrogen) atoms. The second kappa shape index (κ2) is 9.44. The first-order valence-electron chi connectivity index (χ1n) is 8.95. The molecule has 0 saturated carbocycles. The maximum atomic E-state index is 12.8. The third-order valence-electron chi connectivity index (χ3n) is 4.13. The summed E-state index contributed by atoms with van der Waals surface area (Å²) >= 11 is 0. The van der Waals surface area contributed by atoms with Gasteiger partial charge in [0.2, 0.25) is 0 Å². The number of carbonyl (C=O) groups is 3. The Morgan fingerprint density at radius 2 is 1.90 bits per heavy atom. The lowest BCUT2D eigenvalue weighted by Gasteiger charge is -2.28. The molecule has 7 nitrogen and oxygen atoms in total. The molecule has 0 unspecified atom stereocenters. The van der Waals surface area contributed by atoms with Crippen molar-refractivity contribution < 1.29 is 37.0 Å². The van der Waals surface area contributed by atoms with Gasteiger partial charge in [-0.3, -0.25) is 4.79 Å². The summed E-state index contributed by atoms with van der Waals surface area (Å²) in [5, 5.41) is 5.00. The molecule has 2 N–H and O–H groups in total. The molecule has 158 valence electrons. The summed E-state index contributed by atoms with van der Waals surface area (Å²) in [5.74, 6) is -1.46. The number of halogens is 3. The lowest BCUT2D eigenvalue weighted by Crippen LogP contribution is -2.51. The van der Waals surface area contributed by atoms with Crippen LogP contribution in [-0.2, 0) is 31.7 Å². The maximum absolute atomic E-state index is 12.8. The van der Waals surface area contributed by atoms with Gasteiger partial charge in [-0.05, 0) is 25.0 Å². The number of carbonyl (C=O) groups excluding carboxylic acids is 3. The van der Waals surface area contributed by atoms with Gasteiger partial charge in [0, 0.05) is 0 Å². The predicted octanol–water partition coefficient (Wildman–Crippen LogP) is 2.70. The smallest absolute Gasteiger partial charge is 0.416 e. The highest BCUT2D eigenvalue weighted by Gasteiger charge is 2.32. The first-order valence-corrected chi connectivity index (χ1v) is 8.95. The van der Waals surface area contributed by atoms with Crippen LogP contribution in [0.3, 0.4) is 0 Å². The van der Waals surface area contributed by atoms with E-state index in [1.807, 2.05) is 0 Å². The van der Waals surface area contributed by atoms with Crippen molar-refractivity contribution in [1.82, 2.24) is 10.6 Å². The number of alkyl halides is 3. The Hall–Kier alpha value is -3.04. The molecule has 1 aliphatic rings. The molecular weight excluding hydrogens is 393 g/mol. The van der Waals surface area contributed by atoms with Gasteiger partial charge in [0.15, 0.2) is 0 Å². The zero-order chi connectivity index (χ0) is 21.6. The number of nitrogens with one attached hydrogen (secondary N) is 2. The maximum Gasteiger partial charge on any atom is 0.416 e. The summed E-state index contributed by atoms with van der Waals surface area (Å²) in [5.41, 5.74) is -0.519. The SMILES string of the molecule is CCOC(=O)C1=C(COC(=O)Cc2cccc(C(F)(F)F)c2)NC(=O)N[C@H]1CC. The zero-order valence-electron chi connectivity index (χ0n) is 15.9. The highest BCUT2D eigenvalue weighted by atomic mass is 19.4. The van der Waals surface area contributed by atoms with Crippen LogP contribution in [0.15, 0.2) is 35.5 Å². The average molecular weight is 414 g/mol. The molecule has 0 fully saturated rings. The van der Waals surface area contributed by atoms with Crippen LogP contribution in [0, 0.1) is 0 Å². The Morgan fingerprint density at radius 3 is 2.52 bits per heavy atom. The minimum atomic E-state index is -4.52. The minimum absolute atomic E-state index is 0.0800. The van der Waals surface area contributed by atoms with Crippen molar-refractivity contribution in [2.24, 2.45) is 0 Å². The molecule has 10 heteroatoms. The number of urea groups is 1. The van der Waals surface area contributed by atoms with E-state index in [2.05, 4.69) is 10.6 Å². The molecule has 1 aromatic rings. The predicted molar refractivity (Wildman–Crippen MR) is 95.5 cm³/mol. The molecule has 0 saturated heterocycles. The lowest BCUT2D eigenvalue weighted by atomic mass is 10.0. The fourth-order valence-electron chi connectivity index (χ4n) is 2.80. The van der Waals surface area contributed by atoms with Crippen LogP contribution < -0.4 is 10.6 Å². The van der Waals surface area contributed by atoms with Gasteiger partial charge in [-0.1, -0.05) is 25.1 Å². The summed E-state index contributed by atoms with van der Waals surface area (Å²) in [6, 6.07) is 3.17. The fourth-order valence-corrected chi connectivity index (χ4v) is 2.80. The molecule has 0 bridgehead atoms. The molecule has 1 heterocycles. The molecule has 1 aromatic carbocycles. The van der Waals surface area contributed by atoms with Crippen molar-refractivity contribution in [2.45, 2.75) is 38.9 Å². The van der Waals surface area contributed by atoms with E-state index in [0.29, 0.717) is 6.42 Å². The van der Waals surface area contributed by atoms with E-state index in [4.69, 9.17) is 9.47 Å². The normalized spacial score (nSPS) is 16.7. The van der Waals surface area contributed by atoms with Gasteiger partial charge in [0.25, 0.3) is 0 Å². The van der Waals surface area contributed by atoms with Gasteiger partial charge < -0.3 is 20.1 Å². The molecule has 0 radical (unpaired) electrons. The number of amides is 2. The van der Waals surface area contributed by atoms with Crippen LogP contribution in [0.1, 0.15) is 31.4 Å². The van der Waals surface area contributed by atoms with E-state index in [-0.39, 0.29) is 23.4 Å². The van der Waals surface area contributed by atoms with Crippen molar-refractivity contribution in [3.63, 3.8) is 0 Å². The summed E-state index contributed by atoms with van der Waals surface area (Å²) < 4.78 is 48.4. The van der Waals surface area contributed by atoms with E-state index in [9.17, 15) is 27.6 Å². The van der Waals surface area contributed by atoms with Crippen molar-refractivity contribution in [3.05, 3.63) is 46.7 Å². The Bertz CT molecular complexity index is 820. The topological polar surface area (TPSA) is 93.7 Å². The number of ether oxygens (including phenoxy) is 2. The molecule has 2 rings (SSSR count). The summed E-state index contributed by atoms with van der Waals surface area (Å²) in [7, 11) is 0. The zero-order valence-corrected chi connectivity index (χ0v) is 15.9. The number of benzene rings is 1. The first-order chi connectivity index (χ1) is 13.7. The lowest BCUT2D eigenvalue weighted by molar-refractivity contribution is -0.143. The quantitative estimate of drug-likeness (QED) is 0.670. The molecule has 1 atom stereocenters.